The van der Waals surface area contributed by atoms with E-state index in [1.165, 1.54) is 17.0 Å². The van der Waals surface area contributed by atoms with Crippen LogP contribution in [0.2, 0.25) is 0 Å². The molecule has 0 aromatic heterocycles. The highest BCUT2D eigenvalue weighted by Crippen LogP contribution is 2.33. The summed E-state index contributed by atoms with van der Waals surface area (Å²) in [6.07, 6.45) is 4.42. The van der Waals surface area contributed by atoms with Gasteiger partial charge in [-0.1, -0.05) is 24.3 Å². The van der Waals surface area contributed by atoms with Crippen molar-refractivity contribution in [2.75, 3.05) is 22.9 Å². The zero-order valence-corrected chi connectivity index (χ0v) is 21.1. The summed E-state index contributed by atoms with van der Waals surface area (Å²) in [6, 6.07) is 20.7. The lowest BCUT2D eigenvalue weighted by atomic mass is 10.0. The van der Waals surface area contributed by atoms with Crippen molar-refractivity contribution in [3.8, 4) is 11.5 Å². The molecule has 3 aromatic carbocycles. The number of rotatable bonds is 6. The molecule has 2 amide bonds. The van der Waals surface area contributed by atoms with E-state index in [0.29, 0.717) is 28.4 Å². The molecule has 9 nitrogen and oxygen atoms in total. The molecule has 0 spiro atoms. The quantitative estimate of drug-likeness (QED) is 0.154. The Morgan fingerprint density at radius 2 is 1.61 bits per heavy atom. The van der Waals surface area contributed by atoms with E-state index in [-0.39, 0.29) is 16.4 Å². The van der Waals surface area contributed by atoms with Crippen molar-refractivity contribution in [1.82, 2.24) is 5.32 Å². The van der Waals surface area contributed by atoms with Crippen LogP contribution in [0.1, 0.15) is 24.8 Å². The second-order valence-electron chi connectivity index (χ2n) is 8.92. The van der Waals surface area contributed by atoms with E-state index in [2.05, 4.69) is 5.32 Å². The van der Waals surface area contributed by atoms with Crippen LogP contribution in [-0.2, 0) is 9.59 Å². The average molecular weight is 529 g/mol. The summed E-state index contributed by atoms with van der Waals surface area (Å²) in [6.45, 7) is 1.51. The number of hydrogen-bond donors (Lipinski definition) is 1. The number of hydrogen-bond acceptors (Lipinski definition) is 7. The minimum absolute atomic E-state index is 0.0553. The Morgan fingerprint density at radius 3 is 2.29 bits per heavy atom. The minimum atomic E-state index is -0.664. The van der Waals surface area contributed by atoms with Gasteiger partial charge < -0.3 is 9.64 Å². The molecule has 38 heavy (non-hydrogen) atoms. The molecule has 3 aromatic rings. The maximum Gasteiger partial charge on any atom is 0.293 e. The van der Waals surface area contributed by atoms with Crippen molar-refractivity contribution in [3.05, 3.63) is 94.0 Å². The number of nitrogens with one attached hydrogen (secondary N) is 1. The average Bonchev–Trinajstić information content (AvgIpc) is 2.93. The first-order valence-electron chi connectivity index (χ1n) is 12.2. The van der Waals surface area contributed by atoms with E-state index in [4.69, 9.17) is 17.0 Å². The van der Waals surface area contributed by atoms with Crippen LogP contribution in [0, 0.1) is 10.1 Å². The number of benzene rings is 3. The van der Waals surface area contributed by atoms with E-state index in [1.807, 2.05) is 35.2 Å². The lowest BCUT2D eigenvalue weighted by molar-refractivity contribution is -0.384. The first kappa shape index (κ1) is 25.1. The number of nitro benzene ring substituents is 1. The Bertz CT molecular complexity index is 1430. The van der Waals surface area contributed by atoms with E-state index >= 15 is 0 Å². The minimum Gasteiger partial charge on any atom is -0.457 e. The van der Waals surface area contributed by atoms with E-state index < -0.39 is 16.7 Å². The van der Waals surface area contributed by atoms with Gasteiger partial charge in [0, 0.05) is 19.2 Å². The van der Waals surface area contributed by atoms with Crippen LogP contribution in [-0.4, -0.2) is 34.9 Å². The molecule has 0 radical (unpaired) electrons. The maximum absolute atomic E-state index is 13.4. The summed E-state index contributed by atoms with van der Waals surface area (Å²) < 4.78 is 5.80. The molecule has 1 N–H and O–H groups in total. The molecule has 192 valence electrons. The van der Waals surface area contributed by atoms with Crippen molar-refractivity contribution < 1.29 is 19.2 Å². The molecule has 0 saturated carbocycles. The van der Waals surface area contributed by atoms with Gasteiger partial charge in [-0.2, -0.15) is 0 Å². The van der Waals surface area contributed by atoms with Crippen LogP contribution >= 0.6 is 12.2 Å². The Morgan fingerprint density at radius 1 is 0.921 bits per heavy atom. The van der Waals surface area contributed by atoms with Crippen LogP contribution in [0.5, 0.6) is 11.5 Å². The maximum atomic E-state index is 13.4. The van der Waals surface area contributed by atoms with E-state index in [1.54, 1.807) is 36.4 Å². The van der Waals surface area contributed by atoms with Crippen LogP contribution in [0.25, 0.3) is 6.08 Å². The SMILES string of the molecule is O=C1NC(=S)N(c2ccc(Oc3ccccc3)cc2)C(=O)C1=Cc1ccc(N2CCCCC2)c([N+](=O)[O-])c1. The third-order valence-electron chi connectivity index (χ3n) is 6.38. The summed E-state index contributed by atoms with van der Waals surface area (Å²) in [5, 5.41) is 14.3. The van der Waals surface area contributed by atoms with Gasteiger partial charge in [0.2, 0.25) is 0 Å². The van der Waals surface area contributed by atoms with Gasteiger partial charge in [-0.3, -0.25) is 29.9 Å². The van der Waals surface area contributed by atoms with Gasteiger partial charge in [0.15, 0.2) is 5.11 Å². The molecule has 0 aliphatic carbocycles. The lowest BCUT2D eigenvalue weighted by Gasteiger charge is -2.29. The predicted molar refractivity (Wildman–Crippen MR) is 148 cm³/mol. The van der Waals surface area contributed by atoms with Crippen LogP contribution in [0.15, 0.2) is 78.4 Å². The van der Waals surface area contributed by atoms with Crippen molar-refractivity contribution in [1.29, 1.82) is 0 Å². The van der Waals surface area contributed by atoms with Crippen molar-refractivity contribution in [2.24, 2.45) is 0 Å². The highest BCUT2D eigenvalue weighted by atomic mass is 32.1. The zero-order chi connectivity index (χ0) is 26.6. The summed E-state index contributed by atoms with van der Waals surface area (Å²) >= 11 is 5.28. The lowest BCUT2D eigenvalue weighted by Crippen LogP contribution is -2.54. The van der Waals surface area contributed by atoms with Gasteiger partial charge >= 0.3 is 0 Å². The number of nitro groups is 1. The smallest absolute Gasteiger partial charge is 0.293 e. The molecule has 0 unspecified atom stereocenters. The fourth-order valence-corrected chi connectivity index (χ4v) is 4.81. The van der Waals surface area contributed by atoms with Crippen molar-refractivity contribution >= 4 is 52.3 Å². The molecule has 5 rings (SSSR count). The van der Waals surface area contributed by atoms with Gasteiger partial charge in [-0.25, -0.2) is 0 Å². The second-order valence-corrected chi connectivity index (χ2v) is 9.31. The van der Waals surface area contributed by atoms with E-state index in [9.17, 15) is 19.7 Å². The number of thiocarbonyl (C=S) groups is 1. The zero-order valence-electron chi connectivity index (χ0n) is 20.3. The molecule has 2 aliphatic rings. The fourth-order valence-electron chi connectivity index (χ4n) is 4.53. The highest BCUT2D eigenvalue weighted by molar-refractivity contribution is 7.80. The molecule has 2 saturated heterocycles. The number of carbonyl (C=O) groups excluding carboxylic acids is 2. The van der Waals surface area contributed by atoms with Gasteiger partial charge in [0.1, 0.15) is 22.8 Å². The Kier molecular flexibility index (Phi) is 7.14. The molecule has 0 atom stereocenters. The molecule has 2 heterocycles. The number of nitrogens with zero attached hydrogens (tertiary/aromatic N) is 3. The van der Waals surface area contributed by atoms with Gasteiger partial charge in [0.25, 0.3) is 17.5 Å². The van der Waals surface area contributed by atoms with Gasteiger partial charge in [-0.05, 0) is 85.6 Å². The monoisotopic (exact) mass is 528 g/mol. The topological polar surface area (TPSA) is 105 Å². The third-order valence-corrected chi connectivity index (χ3v) is 6.66. The number of amides is 2. The second kappa shape index (κ2) is 10.8. The summed E-state index contributed by atoms with van der Waals surface area (Å²) in [5.41, 5.74) is 1.11. The number of para-hydroxylation sites is 1. The summed E-state index contributed by atoms with van der Waals surface area (Å²) in [4.78, 5) is 40.7. The number of piperidine rings is 1. The molecule has 2 fully saturated rings. The number of carbonyl (C=O) groups is 2. The predicted octanol–water partition coefficient (Wildman–Crippen LogP) is 5.21. The summed E-state index contributed by atoms with van der Waals surface area (Å²) in [5.74, 6) is -0.0554. The molecular weight excluding hydrogens is 504 g/mol. The van der Waals surface area contributed by atoms with Crippen LogP contribution < -0.4 is 19.9 Å². The van der Waals surface area contributed by atoms with Gasteiger partial charge in [-0.15, -0.1) is 0 Å². The number of anilines is 2. The standard InChI is InChI=1S/C28H24N4O5S/c33-26-23(17-19-9-14-24(25(18-19)32(35)36)30-15-5-2-6-16-30)27(34)31(28(38)29-26)20-10-12-22(13-11-20)37-21-7-3-1-4-8-21/h1,3-4,7-14,17-18H,2,5-6,15-16H2,(H,29,33,38). The highest BCUT2D eigenvalue weighted by Gasteiger charge is 2.34. The molecule has 0 bridgehead atoms. The van der Waals surface area contributed by atoms with Crippen molar-refractivity contribution in [2.45, 2.75) is 19.3 Å². The normalized spacial score (nSPS) is 16.9. The molecular formula is C28H24N4O5S. The third kappa shape index (κ3) is 5.25. The molecule has 2 aliphatic heterocycles. The van der Waals surface area contributed by atoms with Crippen molar-refractivity contribution in [3.63, 3.8) is 0 Å². The Hall–Kier alpha value is -4.57. The van der Waals surface area contributed by atoms with Crippen LogP contribution in [0.3, 0.4) is 0 Å². The van der Waals surface area contributed by atoms with Crippen LogP contribution in [0.4, 0.5) is 17.1 Å². The summed E-state index contributed by atoms with van der Waals surface area (Å²) in [7, 11) is 0. The molecule has 10 heteroatoms. The largest absolute Gasteiger partial charge is 0.457 e. The van der Waals surface area contributed by atoms with Gasteiger partial charge in [0.05, 0.1) is 10.6 Å². The fraction of sp³-hybridized carbons (Fsp3) is 0.179. The first-order chi connectivity index (χ1) is 18.4. The Labute approximate surface area is 224 Å². The number of ether oxygens (including phenoxy) is 1. The van der Waals surface area contributed by atoms with E-state index in [0.717, 1.165) is 32.4 Å². The first-order valence-corrected chi connectivity index (χ1v) is 12.6. The Balaban J connectivity index is 1.41.